The Balaban J connectivity index is 1.30. The van der Waals surface area contributed by atoms with E-state index in [4.69, 9.17) is 4.74 Å². The highest BCUT2D eigenvalue weighted by atomic mass is 32.2. The number of fused-ring (bicyclic) bond motifs is 1. The fraction of sp³-hybridized carbons (Fsp3) is 0.481. The first kappa shape index (κ1) is 25.9. The van der Waals surface area contributed by atoms with Crippen molar-refractivity contribution in [2.45, 2.75) is 43.0 Å². The van der Waals surface area contributed by atoms with Crippen LogP contribution in [0.25, 0.3) is 10.9 Å². The smallest absolute Gasteiger partial charge is 0.308 e. The molecular weight excluding hydrogens is 483 g/mol. The molecule has 1 saturated heterocycles. The zero-order valence-electron chi connectivity index (χ0n) is 20.3. The molecule has 4 rings (SSSR count). The number of ether oxygens (including phenoxy) is 1. The van der Waals surface area contributed by atoms with E-state index in [1.54, 1.807) is 19.4 Å². The number of halogens is 1. The SMILES string of the molecule is COc1ccc2nccc([C@@H](F)CC[C@@H]3CCN(CCCSc4ccc(C)s4)C[C@@H]3C(=O)O)c2c1. The van der Waals surface area contributed by atoms with Gasteiger partial charge in [-0.1, -0.05) is 0 Å². The van der Waals surface area contributed by atoms with Crippen LogP contribution in [0.2, 0.25) is 0 Å². The minimum atomic E-state index is -1.17. The van der Waals surface area contributed by atoms with Crippen LogP contribution in [0.5, 0.6) is 5.75 Å². The second-order valence-electron chi connectivity index (χ2n) is 9.19. The van der Waals surface area contributed by atoms with Gasteiger partial charge in [0.1, 0.15) is 11.9 Å². The summed E-state index contributed by atoms with van der Waals surface area (Å²) in [5.74, 6) is 0.482. The van der Waals surface area contributed by atoms with Gasteiger partial charge in [-0.2, -0.15) is 0 Å². The van der Waals surface area contributed by atoms with Gasteiger partial charge in [0.25, 0.3) is 0 Å². The second kappa shape index (κ2) is 12.2. The van der Waals surface area contributed by atoms with Crippen molar-refractivity contribution in [2.24, 2.45) is 11.8 Å². The van der Waals surface area contributed by atoms with Gasteiger partial charge in [-0.05, 0) is 93.6 Å². The summed E-state index contributed by atoms with van der Waals surface area (Å²) in [7, 11) is 1.59. The molecule has 1 aliphatic rings. The standard InChI is InChI=1S/C27H33FN2O3S2/c1-18-4-9-26(35-18)34-15-3-13-30-14-11-19(23(17-30)27(31)32)5-7-24(28)21-10-12-29-25-8-6-20(33-2)16-22(21)25/h4,6,8-10,12,16,19,23-24H,3,5,7,11,13-15,17H2,1-2H3,(H,31,32)/t19-,23+,24+/m1/s1. The van der Waals surface area contributed by atoms with E-state index in [1.165, 1.54) is 9.09 Å². The highest BCUT2D eigenvalue weighted by molar-refractivity contribution is 8.01. The number of carboxylic acids is 1. The van der Waals surface area contributed by atoms with Crippen LogP contribution < -0.4 is 4.74 Å². The number of thioether (sulfide) groups is 1. The van der Waals surface area contributed by atoms with Gasteiger partial charge in [-0.3, -0.25) is 9.78 Å². The zero-order chi connectivity index (χ0) is 24.8. The second-order valence-corrected chi connectivity index (χ2v) is 11.9. The minimum absolute atomic E-state index is 0.00638. The van der Waals surface area contributed by atoms with Gasteiger partial charge in [0, 0.05) is 28.8 Å². The van der Waals surface area contributed by atoms with Crippen LogP contribution in [0.3, 0.4) is 0 Å². The first-order valence-corrected chi connectivity index (χ1v) is 14.0. The van der Waals surface area contributed by atoms with Crippen LogP contribution in [0.4, 0.5) is 4.39 Å². The predicted molar refractivity (Wildman–Crippen MR) is 141 cm³/mol. The first-order valence-electron chi connectivity index (χ1n) is 12.2. The average molecular weight is 517 g/mol. The topological polar surface area (TPSA) is 62.7 Å². The molecule has 1 N–H and O–H groups in total. The molecule has 0 bridgehead atoms. The molecule has 0 saturated carbocycles. The number of hydrogen-bond acceptors (Lipinski definition) is 6. The van der Waals surface area contributed by atoms with Crippen molar-refractivity contribution in [2.75, 3.05) is 32.5 Å². The van der Waals surface area contributed by atoms with Crippen LogP contribution in [0.1, 0.15) is 42.3 Å². The number of carbonyl (C=O) groups is 1. The van der Waals surface area contributed by atoms with E-state index in [0.29, 0.717) is 30.7 Å². The lowest BCUT2D eigenvalue weighted by atomic mass is 9.81. The maximum atomic E-state index is 15.4. The summed E-state index contributed by atoms with van der Waals surface area (Å²) < 4.78 is 22.0. The van der Waals surface area contributed by atoms with Crippen molar-refractivity contribution in [3.05, 3.63) is 53.0 Å². The van der Waals surface area contributed by atoms with Crippen molar-refractivity contribution in [1.82, 2.24) is 9.88 Å². The Hall–Kier alpha value is -2.16. The van der Waals surface area contributed by atoms with E-state index >= 15 is 4.39 Å². The predicted octanol–water partition coefficient (Wildman–Crippen LogP) is 6.61. The quantitative estimate of drug-likeness (QED) is 0.229. The molecule has 2 aromatic heterocycles. The fourth-order valence-electron chi connectivity index (χ4n) is 4.91. The monoisotopic (exact) mass is 516 g/mol. The van der Waals surface area contributed by atoms with Crippen molar-refractivity contribution in [3.63, 3.8) is 0 Å². The lowest BCUT2D eigenvalue weighted by molar-refractivity contribution is -0.146. The molecule has 3 heterocycles. The molecule has 3 atom stereocenters. The van der Waals surface area contributed by atoms with E-state index in [1.807, 2.05) is 41.3 Å². The summed E-state index contributed by atoms with van der Waals surface area (Å²) in [6.07, 6.45) is 3.16. The van der Waals surface area contributed by atoms with E-state index in [9.17, 15) is 9.90 Å². The minimum Gasteiger partial charge on any atom is -0.497 e. The Morgan fingerprint density at radius 3 is 2.94 bits per heavy atom. The Morgan fingerprint density at radius 1 is 1.34 bits per heavy atom. The molecule has 0 aliphatic carbocycles. The number of alkyl halides is 1. The molecule has 188 valence electrons. The van der Waals surface area contributed by atoms with Crippen LogP contribution in [-0.2, 0) is 4.79 Å². The normalized spacial score (nSPS) is 19.6. The van der Waals surface area contributed by atoms with E-state index in [2.05, 4.69) is 28.9 Å². The Kier molecular flexibility index (Phi) is 9.03. The summed E-state index contributed by atoms with van der Waals surface area (Å²) in [6, 6.07) is 11.5. The van der Waals surface area contributed by atoms with Gasteiger partial charge >= 0.3 is 5.97 Å². The van der Waals surface area contributed by atoms with Gasteiger partial charge in [-0.25, -0.2) is 4.39 Å². The maximum absolute atomic E-state index is 15.4. The van der Waals surface area contributed by atoms with Gasteiger partial charge in [-0.15, -0.1) is 23.1 Å². The molecule has 35 heavy (non-hydrogen) atoms. The summed E-state index contributed by atoms with van der Waals surface area (Å²) in [5.41, 5.74) is 1.33. The Labute approximate surface area is 214 Å². The summed E-state index contributed by atoms with van der Waals surface area (Å²) >= 11 is 3.69. The number of carboxylic acid groups (broad SMARTS) is 1. The fourth-order valence-corrected chi connectivity index (χ4v) is 7.02. The Bertz CT molecular complexity index is 1140. The highest BCUT2D eigenvalue weighted by Crippen LogP contribution is 2.35. The number of pyridine rings is 1. The largest absolute Gasteiger partial charge is 0.497 e. The first-order chi connectivity index (χ1) is 16.9. The van der Waals surface area contributed by atoms with Gasteiger partial charge in [0.2, 0.25) is 0 Å². The molecule has 0 radical (unpaired) electrons. The van der Waals surface area contributed by atoms with Crippen molar-refractivity contribution in [3.8, 4) is 5.75 Å². The molecule has 5 nitrogen and oxygen atoms in total. The number of thiophene rings is 1. The molecular formula is C27H33FN2O3S2. The van der Waals surface area contributed by atoms with Crippen molar-refractivity contribution < 1.29 is 19.0 Å². The molecule has 3 aromatic rings. The summed E-state index contributed by atoms with van der Waals surface area (Å²) in [5, 5.41) is 10.6. The summed E-state index contributed by atoms with van der Waals surface area (Å²) in [4.78, 5) is 20.0. The lowest BCUT2D eigenvalue weighted by Gasteiger charge is -2.36. The molecule has 0 unspecified atom stereocenters. The molecule has 8 heteroatoms. The third kappa shape index (κ3) is 6.74. The summed E-state index contributed by atoms with van der Waals surface area (Å²) in [6.45, 7) is 4.45. The number of likely N-dealkylation sites (tertiary alicyclic amines) is 1. The van der Waals surface area contributed by atoms with E-state index in [0.717, 1.165) is 42.6 Å². The molecule has 0 amide bonds. The van der Waals surface area contributed by atoms with Crippen LogP contribution in [0, 0.1) is 18.8 Å². The molecule has 1 aromatic carbocycles. The Morgan fingerprint density at radius 2 is 2.20 bits per heavy atom. The zero-order valence-corrected chi connectivity index (χ0v) is 21.9. The van der Waals surface area contributed by atoms with Gasteiger partial charge in [0.15, 0.2) is 0 Å². The third-order valence-electron chi connectivity index (χ3n) is 6.85. The number of piperidine rings is 1. The maximum Gasteiger partial charge on any atom is 0.308 e. The van der Waals surface area contributed by atoms with Crippen LogP contribution in [0.15, 0.2) is 46.8 Å². The number of nitrogens with zero attached hydrogens (tertiary/aromatic N) is 2. The van der Waals surface area contributed by atoms with E-state index < -0.39 is 18.1 Å². The molecule has 0 spiro atoms. The van der Waals surface area contributed by atoms with Gasteiger partial charge in [0.05, 0.1) is 22.8 Å². The molecule has 1 aliphatic heterocycles. The lowest BCUT2D eigenvalue weighted by Crippen LogP contribution is -2.44. The van der Waals surface area contributed by atoms with E-state index in [-0.39, 0.29) is 5.92 Å². The van der Waals surface area contributed by atoms with Crippen LogP contribution >= 0.6 is 23.1 Å². The third-order valence-corrected chi connectivity index (χ3v) is 9.16. The molecule has 1 fully saturated rings. The number of aromatic nitrogens is 1. The van der Waals surface area contributed by atoms with Crippen molar-refractivity contribution >= 4 is 40.0 Å². The number of benzene rings is 1. The number of aliphatic carboxylic acids is 1. The average Bonchev–Trinajstić information content (AvgIpc) is 3.29. The number of aryl methyl sites for hydroxylation is 1. The number of hydrogen-bond donors (Lipinski definition) is 1. The highest BCUT2D eigenvalue weighted by Gasteiger charge is 2.34. The number of rotatable bonds is 11. The van der Waals surface area contributed by atoms with Gasteiger partial charge < -0.3 is 14.7 Å². The van der Waals surface area contributed by atoms with Crippen molar-refractivity contribution in [1.29, 1.82) is 0 Å². The number of methoxy groups -OCH3 is 1. The van der Waals surface area contributed by atoms with Crippen LogP contribution in [-0.4, -0.2) is 53.5 Å².